The Labute approximate surface area is 233 Å². The maximum absolute atomic E-state index is 13.7. The standard InChI is InChI=1S/C28H25BrClN5OS/c1-16-10-11-23(17(2)12-16)32-26(36)24-18(3)31-27-33-28(37-15-19-6-4-9-22(30)13-19)34-35(27)25(24)20-7-5-8-21(29)14-20/h4-14,25H,15H2,1-3H3,(H,32,36)(H,31,33,34)/t25-/m0/s1. The van der Waals surface area contributed by atoms with Crippen LogP contribution in [0.2, 0.25) is 5.02 Å². The lowest BCUT2D eigenvalue weighted by Crippen LogP contribution is -2.31. The normalized spacial score (nSPS) is 14.8. The Morgan fingerprint density at radius 2 is 1.92 bits per heavy atom. The molecule has 9 heteroatoms. The molecular formula is C28H25BrClN5OS. The molecule has 0 spiro atoms. The van der Waals surface area contributed by atoms with Crippen LogP contribution in [0.4, 0.5) is 11.6 Å². The number of aryl methyl sites for hydroxylation is 2. The molecule has 3 aromatic carbocycles. The van der Waals surface area contributed by atoms with Gasteiger partial charge < -0.3 is 10.6 Å². The first kappa shape index (κ1) is 25.6. The number of carbonyl (C=O) groups excluding carboxylic acids is 1. The molecule has 1 aliphatic heterocycles. The second kappa shape index (κ2) is 10.7. The number of nitrogens with one attached hydrogen (secondary N) is 2. The molecular weight excluding hydrogens is 570 g/mol. The largest absolute Gasteiger partial charge is 0.328 e. The van der Waals surface area contributed by atoms with Crippen molar-refractivity contribution < 1.29 is 4.79 Å². The van der Waals surface area contributed by atoms with E-state index in [0.717, 1.165) is 38.1 Å². The molecule has 2 heterocycles. The van der Waals surface area contributed by atoms with Crippen LogP contribution in [0.3, 0.4) is 0 Å². The average molecular weight is 595 g/mol. The van der Waals surface area contributed by atoms with E-state index in [2.05, 4.69) is 32.6 Å². The third kappa shape index (κ3) is 5.61. The van der Waals surface area contributed by atoms with E-state index in [0.29, 0.717) is 27.5 Å². The van der Waals surface area contributed by atoms with Crippen LogP contribution in [0.5, 0.6) is 0 Å². The molecule has 1 amide bonds. The Morgan fingerprint density at radius 3 is 2.68 bits per heavy atom. The third-order valence-electron chi connectivity index (χ3n) is 6.13. The topological polar surface area (TPSA) is 71.8 Å². The predicted molar refractivity (Wildman–Crippen MR) is 154 cm³/mol. The summed E-state index contributed by atoms with van der Waals surface area (Å²) in [5.74, 6) is 1.09. The summed E-state index contributed by atoms with van der Waals surface area (Å²) in [5.41, 5.74) is 6.28. The van der Waals surface area contributed by atoms with Crippen LogP contribution in [0.25, 0.3) is 0 Å². The summed E-state index contributed by atoms with van der Waals surface area (Å²) in [6.45, 7) is 5.93. The minimum Gasteiger partial charge on any atom is -0.328 e. The van der Waals surface area contributed by atoms with Gasteiger partial charge in [-0.2, -0.15) is 4.98 Å². The van der Waals surface area contributed by atoms with Gasteiger partial charge in [-0.1, -0.05) is 81.3 Å². The molecule has 1 atom stereocenters. The first-order chi connectivity index (χ1) is 17.8. The molecule has 1 aromatic heterocycles. The molecule has 0 aliphatic carbocycles. The number of fused-ring (bicyclic) bond motifs is 1. The van der Waals surface area contributed by atoms with Crippen LogP contribution in [0.15, 0.2) is 87.6 Å². The molecule has 2 N–H and O–H groups in total. The number of allylic oxidation sites excluding steroid dienone is 1. The van der Waals surface area contributed by atoms with Crippen LogP contribution in [0, 0.1) is 13.8 Å². The molecule has 4 aromatic rings. The summed E-state index contributed by atoms with van der Waals surface area (Å²) < 4.78 is 2.72. The van der Waals surface area contributed by atoms with E-state index in [1.54, 1.807) is 4.68 Å². The fraction of sp³-hybridized carbons (Fsp3) is 0.179. The molecule has 0 saturated heterocycles. The maximum Gasteiger partial charge on any atom is 0.255 e. The van der Waals surface area contributed by atoms with Crippen molar-refractivity contribution in [2.75, 3.05) is 10.6 Å². The lowest BCUT2D eigenvalue weighted by atomic mass is 9.95. The van der Waals surface area contributed by atoms with Crippen LogP contribution in [-0.4, -0.2) is 20.7 Å². The highest BCUT2D eigenvalue weighted by Crippen LogP contribution is 2.38. The van der Waals surface area contributed by atoms with Crippen LogP contribution < -0.4 is 10.6 Å². The number of nitrogens with zero attached hydrogens (tertiary/aromatic N) is 3. The van der Waals surface area contributed by atoms with Crippen LogP contribution in [0.1, 0.15) is 35.2 Å². The number of benzene rings is 3. The summed E-state index contributed by atoms with van der Waals surface area (Å²) in [5, 5.41) is 12.6. The lowest BCUT2D eigenvalue weighted by Gasteiger charge is -2.29. The molecule has 0 unspecified atom stereocenters. The maximum atomic E-state index is 13.7. The van der Waals surface area contributed by atoms with Crippen molar-refractivity contribution in [1.29, 1.82) is 0 Å². The third-order valence-corrected chi connectivity index (χ3v) is 7.77. The van der Waals surface area contributed by atoms with E-state index in [1.807, 2.05) is 81.4 Å². The number of hydrogen-bond acceptors (Lipinski definition) is 5. The van der Waals surface area contributed by atoms with Gasteiger partial charge in [-0.15, -0.1) is 5.10 Å². The molecule has 0 saturated carbocycles. The predicted octanol–water partition coefficient (Wildman–Crippen LogP) is 7.53. The molecule has 37 heavy (non-hydrogen) atoms. The van der Waals surface area contributed by atoms with Crippen molar-refractivity contribution in [2.45, 2.75) is 37.7 Å². The number of hydrogen-bond donors (Lipinski definition) is 2. The van der Waals surface area contributed by atoms with Crippen molar-refractivity contribution in [1.82, 2.24) is 14.8 Å². The molecule has 0 fully saturated rings. The van der Waals surface area contributed by atoms with Gasteiger partial charge in [-0.05, 0) is 67.8 Å². The highest BCUT2D eigenvalue weighted by atomic mass is 79.9. The number of carbonyl (C=O) groups is 1. The van der Waals surface area contributed by atoms with Gasteiger partial charge in [-0.3, -0.25) is 4.79 Å². The lowest BCUT2D eigenvalue weighted by molar-refractivity contribution is -0.113. The molecule has 0 bridgehead atoms. The molecule has 6 nitrogen and oxygen atoms in total. The Balaban J connectivity index is 1.50. The Hall–Kier alpha value is -3.07. The summed E-state index contributed by atoms with van der Waals surface area (Å²) in [6, 6.07) is 21.2. The van der Waals surface area contributed by atoms with Gasteiger partial charge in [0.25, 0.3) is 5.91 Å². The highest BCUT2D eigenvalue weighted by Gasteiger charge is 2.34. The molecule has 188 valence electrons. The van der Waals surface area contributed by atoms with E-state index in [9.17, 15) is 4.79 Å². The number of anilines is 2. The zero-order chi connectivity index (χ0) is 26.1. The molecule has 5 rings (SSSR count). The number of rotatable bonds is 6. The minimum atomic E-state index is -0.451. The number of amides is 1. The second-order valence-electron chi connectivity index (χ2n) is 8.97. The number of aromatic nitrogens is 3. The number of halogens is 2. The van der Waals surface area contributed by atoms with Crippen molar-refractivity contribution in [2.24, 2.45) is 0 Å². The van der Waals surface area contributed by atoms with E-state index < -0.39 is 6.04 Å². The van der Waals surface area contributed by atoms with Crippen LogP contribution >= 0.6 is 39.3 Å². The Bertz CT molecular complexity index is 1530. The Kier molecular flexibility index (Phi) is 7.42. The summed E-state index contributed by atoms with van der Waals surface area (Å²) in [4.78, 5) is 18.5. The molecule has 0 radical (unpaired) electrons. The van der Waals surface area contributed by atoms with Gasteiger partial charge in [-0.25, -0.2) is 4.68 Å². The fourth-order valence-electron chi connectivity index (χ4n) is 4.39. The Morgan fingerprint density at radius 1 is 1.11 bits per heavy atom. The van der Waals surface area contributed by atoms with Crippen molar-refractivity contribution in [3.63, 3.8) is 0 Å². The van der Waals surface area contributed by atoms with E-state index in [4.69, 9.17) is 21.7 Å². The van der Waals surface area contributed by atoms with Gasteiger partial charge in [0.2, 0.25) is 11.1 Å². The van der Waals surface area contributed by atoms with Crippen molar-refractivity contribution in [3.8, 4) is 0 Å². The fourth-order valence-corrected chi connectivity index (χ4v) is 5.79. The van der Waals surface area contributed by atoms with Gasteiger partial charge in [0.1, 0.15) is 6.04 Å². The van der Waals surface area contributed by atoms with Crippen LogP contribution in [-0.2, 0) is 10.5 Å². The summed E-state index contributed by atoms with van der Waals surface area (Å²) in [6.07, 6.45) is 0. The second-order valence-corrected chi connectivity index (χ2v) is 11.3. The average Bonchev–Trinajstić information content (AvgIpc) is 3.26. The van der Waals surface area contributed by atoms with Crippen molar-refractivity contribution in [3.05, 3.63) is 110 Å². The monoisotopic (exact) mass is 593 g/mol. The first-order valence-corrected chi connectivity index (χ1v) is 13.9. The smallest absolute Gasteiger partial charge is 0.255 e. The van der Waals surface area contributed by atoms with E-state index in [-0.39, 0.29) is 5.91 Å². The quantitative estimate of drug-likeness (QED) is 0.226. The van der Waals surface area contributed by atoms with E-state index in [1.165, 1.54) is 11.8 Å². The minimum absolute atomic E-state index is 0.184. The highest BCUT2D eigenvalue weighted by molar-refractivity contribution is 9.10. The SMILES string of the molecule is CC1=C(C(=O)Nc2ccc(C)cc2C)[C@H](c2cccc(Br)c2)n2nc(SCc3cccc(Cl)c3)nc2N1. The first-order valence-electron chi connectivity index (χ1n) is 11.7. The van der Waals surface area contributed by atoms with E-state index >= 15 is 0 Å². The van der Waals surface area contributed by atoms with Gasteiger partial charge in [0.15, 0.2) is 0 Å². The van der Waals surface area contributed by atoms with Gasteiger partial charge in [0, 0.05) is 26.6 Å². The summed E-state index contributed by atoms with van der Waals surface area (Å²) in [7, 11) is 0. The van der Waals surface area contributed by atoms with Gasteiger partial charge in [0.05, 0.1) is 5.57 Å². The zero-order valence-electron chi connectivity index (χ0n) is 20.5. The number of thioether (sulfide) groups is 1. The zero-order valence-corrected chi connectivity index (χ0v) is 23.7. The van der Waals surface area contributed by atoms with Gasteiger partial charge >= 0.3 is 0 Å². The molecule has 1 aliphatic rings. The van der Waals surface area contributed by atoms with Crippen molar-refractivity contribution >= 4 is 56.8 Å². The summed E-state index contributed by atoms with van der Waals surface area (Å²) >= 11 is 11.2.